The van der Waals surface area contributed by atoms with Crippen LogP contribution in [0.4, 0.5) is 0 Å². The fourth-order valence-corrected chi connectivity index (χ4v) is 1.68. The summed E-state index contributed by atoms with van der Waals surface area (Å²) in [6, 6.07) is 0.450. The van der Waals surface area contributed by atoms with Crippen molar-refractivity contribution in [2.45, 2.75) is 46.6 Å². The van der Waals surface area contributed by atoms with Gasteiger partial charge < -0.3 is 0 Å². The third-order valence-corrected chi connectivity index (χ3v) is 2.80. The highest BCUT2D eigenvalue weighted by Gasteiger charge is 2.21. The highest BCUT2D eigenvalue weighted by molar-refractivity contribution is 6.13. The molecule has 78 valence electrons. The van der Waals surface area contributed by atoms with Crippen LogP contribution < -0.4 is 0 Å². The molecule has 0 fully saturated rings. The molecular weight excluding hydrogens is 182 g/mol. The van der Waals surface area contributed by atoms with Crippen LogP contribution in [0.25, 0.3) is 0 Å². The minimum atomic E-state index is 0.229. The summed E-state index contributed by atoms with van der Waals surface area (Å²) in [4.78, 5) is 0. The highest BCUT2D eigenvalue weighted by Crippen LogP contribution is 2.24. The zero-order chi connectivity index (χ0) is 10.5. The van der Waals surface area contributed by atoms with Crippen molar-refractivity contribution in [2.75, 3.05) is 6.54 Å². The molecule has 0 saturated carbocycles. The van der Waals surface area contributed by atoms with E-state index in [2.05, 4.69) is 34.3 Å². The number of hydrogen-bond acceptors (Lipinski definition) is 1. The smallest absolute Gasteiger partial charge is 0.0220 e. The van der Waals surface area contributed by atoms with E-state index in [1.807, 2.05) is 10.5 Å². The van der Waals surface area contributed by atoms with Crippen LogP contribution in [0.5, 0.6) is 0 Å². The first-order chi connectivity index (χ1) is 5.93. The summed E-state index contributed by atoms with van der Waals surface area (Å²) in [6.07, 6.45) is 4.06. The van der Waals surface area contributed by atoms with Crippen LogP contribution >= 0.6 is 11.8 Å². The second-order valence-electron chi connectivity index (χ2n) is 4.47. The van der Waals surface area contributed by atoms with E-state index in [4.69, 9.17) is 11.8 Å². The monoisotopic (exact) mass is 203 g/mol. The van der Waals surface area contributed by atoms with Crippen molar-refractivity contribution in [3.8, 4) is 0 Å². The van der Waals surface area contributed by atoms with Crippen molar-refractivity contribution in [1.82, 2.24) is 4.42 Å². The molecule has 0 aromatic carbocycles. The quantitative estimate of drug-likeness (QED) is 0.468. The number of halogens is 1. The van der Waals surface area contributed by atoms with Gasteiger partial charge in [-0.1, -0.05) is 26.8 Å². The number of rotatable bonds is 6. The minimum Gasteiger partial charge on any atom is -0.217 e. The molecule has 0 spiro atoms. The molecule has 13 heavy (non-hydrogen) atoms. The summed E-state index contributed by atoms with van der Waals surface area (Å²) in [5.74, 6) is 0. The minimum absolute atomic E-state index is 0.229. The summed E-state index contributed by atoms with van der Waals surface area (Å²) in [5, 5.41) is 0. The Morgan fingerprint density at radius 2 is 2.08 bits per heavy atom. The maximum Gasteiger partial charge on any atom is 0.0220 e. The first kappa shape index (κ1) is 13.0. The molecular formula is C11H22ClN. The summed E-state index contributed by atoms with van der Waals surface area (Å²) < 4.78 is 1.91. The van der Waals surface area contributed by atoms with Gasteiger partial charge in [-0.2, -0.15) is 0 Å². The van der Waals surface area contributed by atoms with Crippen LogP contribution in [0.1, 0.15) is 40.5 Å². The van der Waals surface area contributed by atoms with Crippen molar-refractivity contribution >= 4 is 11.8 Å². The largest absolute Gasteiger partial charge is 0.217 e. The van der Waals surface area contributed by atoms with E-state index in [1.165, 1.54) is 0 Å². The van der Waals surface area contributed by atoms with E-state index in [1.54, 1.807) is 0 Å². The van der Waals surface area contributed by atoms with Crippen molar-refractivity contribution in [2.24, 2.45) is 5.41 Å². The summed E-state index contributed by atoms with van der Waals surface area (Å²) >= 11 is 6.15. The van der Waals surface area contributed by atoms with E-state index in [0.29, 0.717) is 6.04 Å². The Morgan fingerprint density at radius 1 is 1.54 bits per heavy atom. The van der Waals surface area contributed by atoms with E-state index in [-0.39, 0.29) is 5.41 Å². The molecule has 0 bridgehead atoms. The van der Waals surface area contributed by atoms with Gasteiger partial charge in [0.2, 0.25) is 0 Å². The molecule has 0 aromatic rings. The van der Waals surface area contributed by atoms with Gasteiger partial charge in [0.25, 0.3) is 0 Å². The lowest BCUT2D eigenvalue weighted by Crippen LogP contribution is -2.33. The Morgan fingerprint density at radius 3 is 2.46 bits per heavy atom. The van der Waals surface area contributed by atoms with Crippen LogP contribution in [-0.4, -0.2) is 17.0 Å². The van der Waals surface area contributed by atoms with Crippen LogP contribution in [0, 0.1) is 5.41 Å². The molecule has 1 nitrogen and oxygen atoms in total. The molecule has 2 heteroatoms. The van der Waals surface area contributed by atoms with Crippen LogP contribution in [0.3, 0.4) is 0 Å². The second kappa shape index (κ2) is 5.66. The molecule has 0 aromatic heterocycles. The molecule has 0 heterocycles. The van der Waals surface area contributed by atoms with Crippen molar-refractivity contribution in [3.63, 3.8) is 0 Å². The molecule has 1 unspecified atom stereocenters. The first-order valence-corrected chi connectivity index (χ1v) is 5.30. The van der Waals surface area contributed by atoms with Gasteiger partial charge in [-0.3, -0.25) is 0 Å². The summed E-state index contributed by atoms with van der Waals surface area (Å²) in [6.45, 7) is 13.4. The van der Waals surface area contributed by atoms with Crippen LogP contribution in [0.2, 0.25) is 0 Å². The third-order valence-electron chi connectivity index (χ3n) is 2.35. The van der Waals surface area contributed by atoms with Gasteiger partial charge in [0, 0.05) is 12.6 Å². The molecule has 0 aliphatic carbocycles. The normalized spacial score (nSPS) is 14.6. The fraction of sp³-hybridized carbons (Fsp3) is 0.818. The molecule has 0 aliphatic heterocycles. The van der Waals surface area contributed by atoms with Gasteiger partial charge in [0.15, 0.2) is 0 Å². The van der Waals surface area contributed by atoms with Crippen molar-refractivity contribution in [1.29, 1.82) is 0 Å². The Hall–Kier alpha value is -0.0100. The number of nitrogens with zero attached hydrogens (tertiary/aromatic N) is 1. The summed E-state index contributed by atoms with van der Waals surface area (Å²) in [7, 11) is 0. The Bertz CT molecular complexity index is 154. The maximum absolute atomic E-state index is 6.15. The van der Waals surface area contributed by atoms with Gasteiger partial charge >= 0.3 is 0 Å². The van der Waals surface area contributed by atoms with Gasteiger partial charge in [-0.25, -0.2) is 4.42 Å². The average molecular weight is 204 g/mol. The Balaban J connectivity index is 4.01. The third kappa shape index (κ3) is 5.33. The Kier molecular flexibility index (Phi) is 5.66. The van der Waals surface area contributed by atoms with E-state index in [9.17, 15) is 0 Å². The maximum atomic E-state index is 6.15. The average Bonchev–Trinajstić information content (AvgIpc) is 2.01. The predicted molar refractivity (Wildman–Crippen MR) is 60.9 cm³/mol. The zero-order valence-electron chi connectivity index (χ0n) is 9.31. The van der Waals surface area contributed by atoms with Crippen LogP contribution in [-0.2, 0) is 0 Å². The lowest BCUT2D eigenvalue weighted by Gasteiger charge is -2.30. The molecule has 0 radical (unpaired) electrons. The topological polar surface area (TPSA) is 3.24 Å². The van der Waals surface area contributed by atoms with E-state index in [0.717, 1.165) is 19.4 Å². The second-order valence-corrected chi connectivity index (χ2v) is 4.91. The lowest BCUT2D eigenvalue weighted by molar-refractivity contribution is 0.230. The van der Waals surface area contributed by atoms with Gasteiger partial charge in [0.1, 0.15) is 0 Å². The first-order valence-electron chi connectivity index (χ1n) is 4.96. The fourth-order valence-electron chi connectivity index (χ4n) is 1.22. The molecule has 0 N–H and O–H groups in total. The molecule has 1 atom stereocenters. The molecule has 0 aliphatic rings. The van der Waals surface area contributed by atoms with E-state index < -0.39 is 0 Å². The van der Waals surface area contributed by atoms with Crippen LogP contribution in [0.15, 0.2) is 12.7 Å². The number of allylic oxidation sites excluding steroid dienone is 1. The molecule has 0 saturated heterocycles. The van der Waals surface area contributed by atoms with E-state index >= 15 is 0 Å². The number of hydrogen-bond donors (Lipinski definition) is 0. The zero-order valence-corrected chi connectivity index (χ0v) is 10.1. The molecule has 0 amide bonds. The summed E-state index contributed by atoms with van der Waals surface area (Å²) in [5.41, 5.74) is 0.229. The van der Waals surface area contributed by atoms with Crippen molar-refractivity contribution < 1.29 is 0 Å². The van der Waals surface area contributed by atoms with Gasteiger partial charge in [0.05, 0.1) is 0 Å². The van der Waals surface area contributed by atoms with Crippen molar-refractivity contribution in [3.05, 3.63) is 12.7 Å². The SMILES string of the molecule is C=CCC(C)(C)CN(Cl)C(C)CC. The highest BCUT2D eigenvalue weighted by atomic mass is 35.5. The Labute approximate surface area is 87.9 Å². The standard InChI is InChI=1S/C11H22ClN/c1-6-8-11(4,5)9-13(12)10(3)7-2/h6,10H,1,7-9H2,2-5H3. The lowest BCUT2D eigenvalue weighted by atomic mass is 9.89. The van der Waals surface area contributed by atoms with Gasteiger partial charge in [-0.05, 0) is 37.0 Å². The molecule has 0 rings (SSSR count). The predicted octanol–water partition coefficient (Wildman–Crippen LogP) is 3.84. The van der Waals surface area contributed by atoms with Gasteiger partial charge in [-0.15, -0.1) is 6.58 Å².